The molecule has 0 fully saturated rings. The Morgan fingerprint density at radius 1 is 0.467 bits per heavy atom. The fourth-order valence-corrected chi connectivity index (χ4v) is 4.49. The molecule has 0 radical (unpaired) electrons. The van der Waals surface area contributed by atoms with Gasteiger partial charge in [-0.1, -0.05) is 155 Å². The van der Waals surface area contributed by atoms with Crippen LogP contribution in [0.2, 0.25) is 0 Å². The molecule has 0 aromatic rings. The zero-order chi connectivity index (χ0) is 22.1. The van der Waals surface area contributed by atoms with Crippen LogP contribution in [0.15, 0.2) is 0 Å². The van der Waals surface area contributed by atoms with Gasteiger partial charge in [-0.25, -0.2) is 0 Å². The number of carboxylic acids is 1. The van der Waals surface area contributed by atoms with Gasteiger partial charge in [-0.05, 0) is 18.8 Å². The molecule has 0 aromatic heterocycles. The first-order valence-corrected chi connectivity index (χ1v) is 13.9. The van der Waals surface area contributed by atoms with Gasteiger partial charge in [0.1, 0.15) is 0 Å². The zero-order valence-corrected chi connectivity index (χ0v) is 20.9. The van der Waals surface area contributed by atoms with E-state index in [0.717, 1.165) is 25.7 Å². The van der Waals surface area contributed by atoms with Crippen molar-refractivity contribution in [3.05, 3.63) is 0 Å². The summed E-state index contributed by atoms with van der Waals surface area (Å²) in [5, 5.41) is 11.4. The highest BCUT2D eigenvalue weighted by atomic mass is 16.4. The van der Waals surface area contributed by atoms with E-state index >= 15 is 0 Å². The third-order valence-corrected chi connectivity index (χ3v) is 6.65. The van der Waals surface area contributed by atoms with Crippen molar-refractivity contribution in [2.75, 3.05) is 0 Å². The van der Waals surface area contributed by atoms with E-state index in [1.165, 1.54) is 128 Å². The quantitative estimate of drug-likeness (QED) is 0.138. The molecule has 180 valence electrons. The molecule has 30 heavy (non-hydrogen) atoms. The second kappa shape index (κ2) is 24.7. The van der Waals surface area contributed by atoms with E-state index in [1.807, 2.05) is 0 Å². The maximum absolute atomic E-state index is 11.4. The van der Waals surface area contributed by atoms with Gasteiger partial charge in [-0.3, -0.25) is 0 Å². The van der Waals surface area contributed by atoms with Gasteiger partial charge >= 0.3 is 0 Å². The molecule has 0 aliphatic rings. The lowest BCUT2D eigenvalue weighted by atomic mass is 9.94. The summed E-state index contributed by atoms with van der Waals surface area (Å²) < 4.78 is 0. The monoisotopic (exact) mass is 423 g/mol. The normalized spacial score (nSPS) is 12.3. The summed E-state index contributed by atoms with van der Waals surface area (Å²) in [6.45, 7) is 4.53. The Labute approximate surface area is 190 Å². The number of carbonyl (C=O) groups is 1. The van der Waals surface area contributed by atoms with Gasteiger partial charge < -0.3 is 9.90 Å². The number of rotatable bonds is 25. The Bertz CT molecular complexity index is 340. The van der Waals surface area contributed by atoms with Gasteiger partial charge in [0.05, 0.1) is 0 Å². The van der Waals surface area contributed by atoms with Crippen LogP contribution in [-0.2, 0) is 4.79 Å². The number of hydrogen-bond acceptors (Lipinski definition) is 2. The number of aliphatic carboxylic acids is 1. The Kier molecular flexibility index (Phi) is 24.3. The summed E-state index contributed by atoms with van der Waals surface area (Å²) in [5.74, 6) is -1.02. The summed E-state index contributed by atoms with van der Waals surface area (Å²) in [5.41, 5.74) is 0. The summed E-state index contributed by atoms with van der Waals surface area (Å²) in [4.78, 5) is 11.4. The zero-order valence-electron chi connectivity index (χ0n) is 20.9. The minimum Gasteiger partial charge on any atom is -0.550 e. The fraction of sp³-hybridized carbons (Fsp3) is 0.964. The molecule has 0 bridgehead atoms. The van der Waals surface area contributed by atoms with E-state index in [-0.39, 0.29) is 5.92 Å². The molecule has 0 heterocycles. The second-order valence-corrected chi connectivity index (χ2v) is 9.66. The van der Waals surface area contributed by atoms with Crippen molar-refractivity contribution >= 4 is 5.97 Å². The molecular formula is C28H55O2-. The van der Waals surface area contributed by atoms with Crippen molar-refractivity contribution in [3.63, 3.8) is 0 Å². The lowest BCUT2D eigenvalue weighted by Gasteiger charge is -2.17. The molecule has 1 atom stereocenters. The van der Waals surface area contributed by atoms with Crippen LogP contribution in [0, 0.1) is 5.92 Å². The van der Waals surface area contributed by atoms with Gasteiger partial charge in [0, 0.05) is 5.97 Å². The predicted molar refractivity (Wildman–Crippen MR) is 131 cm³/mol. The largest absolute Gasteiger partial charge is 0.550 e. The minimum absolute atomic E-state index is 0.206. The SMILES string of the molecule is CCCCCCCCCCCCCCCCC(CCCCCCCCCC)C(=O)[O-]. The van der Waals surface area contributed by atoms with Gasteiger partial charge in [0.2, 0.25) is 0 Å². The first-order chi connectivity index (χ1) is 14.7. The van der Waals surface area contributed by atoms with Crippen molar-refractivity contribution in [2.24, 2.45) is 5.92 Å². The van der Waals surface area contributed by atoms with E-state index in [0.29, 0.717) is 0 Å². The Morgan fingerprint density at radius 2 is 0.700 bits per heavy atom. The standard InChI is InChI=1S/C28H56O2/c1-3-5-7-9-11-13-14-15-16-17-18-20-22-24-26-27(28(29)30)25-23-21-19-12-10-8-6-4-2/h27H,3-26H2,1-2H3,(H,29,30)/p-1. The molecule has 2 heteroatoms. The van der Waals surface area contributed by atoms with Crippen LogP contribution in [0.4, 0.5) is 0 Å². The summed E-state index contributed by atoms with van der Waals surface area (Å²) >= 11 is 0. The van der Waals surface area contributed by atoms with Crippen molar-refractivity contribution in [2.45, 2.75) is 168 Å². The van der Waals surface area contributed by atoms with E-state index in [9.17, 15) is 9.90 Å². The molecule has 0 saturated heterocycles. The van der Waals surface area contributed by atoms with E-state index in [4.69, 9.17) is 0 Å². The van der Waals surface area contributed by atoms with Crippen molar-refractivity contribution in [3.8, 4) is 0 Å². The molecule has 0 amide bonds. The molecule has 1 unspecified atom stereocenters. The molecule has 0 rings (SSSR count). The van der Waals surface area contributed by atoms with Crippen LogP contribution in [0.3, 0.4) is 0 Å². The van der Waals surface area contributed by atoms with Gasteiger partial charge in [0.25, 0.3) is 0 Å². The Morgan fingerprint density at radius 3 is 0.933 bits per heavy atom. The minimum atomic E-state index is -0.812. The summed E-state index contributed by atoms with van der Waals surface area (Å²) in [6, 6.07) is 0. The van der Waals surface area contributed by atoms with Crippen LogP contribution in [0.5, 0.6) is 0 Å². The lowest BCUT2D eigenvalue weighted by molar-refractivity contribution is -0.312. The molecule has 0 aromatic carbocycles. The van der Waals surface area contributed by atoms with Crippen LogP contribution in [-0.4, -0.2) is 5.97 Å². The van der Waals surface area contributed by atoms with E-state index in [1.54, 1.807) is 0 Å². The van der Waals surface area contributed by atoms with Gasteiger partial charge in [-0.2, -0.15) is 0 Å². The third kappa shape index (κ3) is 22.2. The molecule has 2 nitrogen and oxygen atoms in total. The highest BCUT2D eigenvalue weighted by Crippen LogP contribution is 2.19. The third-order valence-electron chi connectivity index (χ3n) is 6.65. The van der Waals surface area contributed by atoms with Crippen LogP contribution in [0.1, 0.15) is 168 Å². The molecule has 0 spiro atoms. The summed E-state index contributed by atoms with van der Waals surface area (Å²) in [7, 11) is 0. The Balaban J connectivity index is 3.40. The van der Waals surface area contributed by atoms with Crippen molar-refractivity contribution in [1.29, 1.82) is 0 Å². The molecule has 0 saturated carbocycles. The number of carbonyl (C=O) groups excluding carboxylic acids is 1. The number of unbranched alkanes of at least 4 members (excludes halogenated alkanes) is 20. The molecule has 0 aliphatic carbocycles. The maximum atomic E-state index is 11.4. The van der Waals surface area contributed by atoms with Crippen molar-refractivity contribution < 1.29 is 9.90 Å². The topological polar surface area (TPSA) is 40.1 Å². The summed E-state index contributed by atoms with van der Waals surface area (Å²) in [6.07, 6.45) is 30.7. The molecule has 0 aliphatic heterocycles. The Hall–Kier alpha value is -0.530. The first-order valence-electron chi connectivity index (χ1n) is 13.9. The van der Waals surface area contributed by atoms with Gasteiger partial charge in [0.15, 0.2) is 0 Å². The van der Waals surface area contributed by atoms with E-state index < -0.39 is 5.97 Å². The number of carboxylic acid groups (broad SMARTS) is 1. The predicted octanol–water partition coefficient (Wildman–Crippen LogP) is 8.75. The molecule has 0 N–H and O–H groups in total. The first kappa shape index (κ1) is 29.5. The molecular weight excluding hydrogens is 368 g/mol. The van der Waals surface area contributed by atoms with Gasteiger partial charge in [-0.15, -0.1) is 0 Å². The van der Waals surface area contributed by atoms with Crippen LogP contribution >= 0.6 is 0 Å². The highest BCUT2D eigenvalue weighted by molar-refractivity contribution is 5.67. The van der Waals surface area contributed by atoms with E-state index in [2.05, 4.69) is 13.8 Å². The second-order valence-electron chi connectivity index (χ2n) is 9.66. The van der Waals surface area contributed by atoms with Crippen LogP contribution in [0.25, 0.3) is 0 Å². The fourth-order valence-electron chi connectivity index (χ4n) is 4.49. The van der Waals surface area contributed by atoms with Crippen LogP contribution < -0.4 is 5.11 Å². The maximum Gasteiger partial charge on any atom is 0.0445 e. The average Bonchev–Trinajstić information content (AvgIpc) is 2.74. The number of hydrogen-bond donors (Lipinski definition) is 0. The smallest absolute Gasteiger partial charge is 0.0445 e. The average molecular weight is 424 g/mol. The lowest BCUT2D eigenvalue weighted by Crippen LogP contribution is -2.31. The highest BCUT2D eigenvalue weighted by Gasteiger charge is 2.09. The van der Waals surface area contributed by atoms with Crippen molar-refractivity contribution in [1.82, 2.24) is 0 Å².